The topological polar surface area (TPSA) is 46.6 Å². The molecule has 0 aliphatic rings. The lowest BCUT2D eigenvalue weighted by Crippen LogP contribution is -2.31. The van der Waals surface area contributed by atoms with E-state index < -0.39 is 35.9 Å². The van der Waals surface area contributed by atoms with Gasteiger partial charge in [0.1, 0.15) is 5.82 Å². The fourth-order valence-electron chi connectivity index (χ4n) is 1.95. The number of ether oxygens (including phenoxy) is 1. The van der Waals surface area contributed by atoms with Gasteiger partial charge in [0.15, 0.2) is 18.2 Å². The number of hydrogen-bond donors (Lipinski definition) is 0. The van der Waals surface area contributed by atoms with Gasteiger partial charge in [0.2, 0.25) is 0 Å². The van der Waals surface area contributed by atoms with E-state index in [1.807, 2.05) is 0 Å². The van der Waals surface area contributed by atoms with E-state index in [0.717, 1.165) is 17.0 Å². The molecule has 4 nitrogen and oxygen atoms in total. The Labute approximate surface area is 146 Å². The number of benzene rings is 2. The highest BCUT2D eigenvalue weighted by Gasteiger charge is 2.17. The first kappa shape index (κ1) is 18.8. The van der Waals surface area contributed by atoms with E-state index in [9.17, 15) is 22.8 Å². The molecule has 0 saturated heterocycles. The Bertz CT molecular complexity index is 793. The number of amides is 1. The maximum atomic E-state index is 13.7. The van der Waals surface area contributed by atoms with Crippen LogP contribution in [-0.4, -0.2) is 30.4 Å². The maximum absolute atomic E-state index is 13.7. The van der Waals surface area contributed by atoms with Gasteiger partial charge < -0.3 is 9.64 Å². The number of carbonyl (C=O) groups is 2. The number of rotatable bonds is 5. The van der Waals surface area contributed by atoms with Gasteiger partial charge in [-0.15, -0.1) is 0 Å². The predicted octanol–water partition coefficient (Wildman–Crippen LogP) is 3.57. The molecule has 0 N–H and O–H groups in total. The molecule has 0 spiro atoms. The van der Waals surface area contributed by atoms with Crippen molar-refractivity contribution in [2.24, 2.45) is 0 Å². The highest BCUT2D eigenvalue weighted by Crippen LogP contribution is 2.20. The van der Waals surface area contributed by atoms with Crippen molar-refractivity contribution in [1.29, 1.82) is 0 Å². The number of hydrogen-bond acceptors (Lipinski definition) is 3. The minimum atomic E-state index is -1.20. The standard InChI is InChI=1S/C17H13ClF3NO3/c1-22(8-11-12(18)3-2-4-13(11)19)16(23)9-25-17(24)10-5-6-14(20)15(21)7-10/h2-7H,8-9H2,1H3. The summed E-state index contributed by atoms with van der Waals surface area (Å²) in [6, 6.07) is 6.62. The van der Waals surface area contributed by atoms with Crippen molar-refractivity contribution in [3.8, 4) is 0 Å². The van der Waals surface area contributed by atoms with Crippen LogP contribution in [-0.2, 0) is 16.1 Å². The molecule has 0 heterocycles. The summed E-state index contributed by atoms with van der Waals surface area (Å²) in [6.07, 6.45) is 0. The molecule has 8 heteroatoms. The van der Waals surface area contributed by atoms with Crippen LogP contribution in [0.2, 0.25) is 5.02 Å². The largest absolute Gasteiger partial charge is 0.452 e. The third-order valence-electron chi connectivity index (χ3n) is 3.36. The average molecular weight is 372 g/mol. The van der Waals surface area contributed by atoms with E-state index >= 15 is 0 Å². The summed E-state index contributed by atoms with van der Waals surface area (Å²) in [6.45, 7) is -0.756. The number of carbonyl (C=O) groups excluding carboxylic acids is 2. The lowest BCUT2D eigenvalue weighted by Gasteiger charge is -2.18. The van der Waals surface area contributed by atoms with Crippen LogP contribution < -0.4 is 0 Å². The van der Waals surface area contributed by atoms with Crippen molar-refractivity contribution >= 4 is 23.5 Å². The molecule has 0 aliphatic carbocycles. The summed E-state index contributed by atoms with van der Waals surface area (Å²) < 4.78 is 44.4. The van der Waals surface area contributed by atoms with Gasteiger partial charge in [0.25, 0.3) is 5.91 Å². The average Bonchev–Trinajstić information content (AvgIpc) is 2.58. The molecule has 25 heavy (non-hydrogen) atoms. The normalized spacial score (nSPS) is 10.4. The summed E-state index contributed by atoms with van der Waals surface area (Å²) in [5, 5.41) is 0.165. The predicted molar refractivity (Wildman–Crippen MR) is 84.5 cm³/mol. The van der Waals surface area contributed by atoms with Gasteiger partial charge in [-0.05, 0) is 30.3 Å². The van der Waals surface area contributed by atoms with E-state index in [0.29, 0.717) is 6.07 Å². The highest BCUT2D eigenvalue weighted by atomic mass is 35.5. The van der Waals surface area contributed by atoms with Crippen LogP contribution in [0.15, 0.2) is 36.4 Å². The zero-order valence-electron chi connectivity index (χ0n) is 13.1. The molecule has 0 aromatic heterocycles. The van der Waals surface area contributed by atoms with Crippen molar-refractivity contribution in [2.45, 2.75) is 6.54 Å². The van der Waals surface area contributed by atoms with E-state index in [1.54, 1.807) is 0 Å². The fourth-order valence-corrected chi connectivity index (χ4v) is 2.18. The summed E-state index contributed by atoms with van der Waals surface area (Å²) in [5.74, 6) is -4.47. The van der Waals surface area contributed by atoms with Gasteiger partial charge in [0.05, 0.1) is 5.56 Å². The third-order valence-corrected chi connectivity index (χ3v) is 3.72. The Hall–Kier alpha value is -2.54. The number of likely N-dealkylation sites (N-methyl/N-ethyl adjacent to an activating group) is 1. The Morgan fingerprint density at radius 2 is 1.80 bits per heavy atom. The molecule has 2 rings (SSSR count). The number of esters is 1. The summed E-state index contributed by atoms with van der Waals surface area (Å²) >= 11 is 5.88. The second-order valence-corrected chi connectivity index (χ2v) is 5.56. The monoisotopic (exact) mass is 371 g/mol. The van der Waals surface area contributed by atoms with Crippen LogP contribution in [0.3, 0.4) is 0 Å². The van der Waals surface area contributed by atoms with Gasteiger partial charge in [0, 0.05) is 24.2 Å². The second kappa shape index (κ2) is 8.02. The van der Waals surface area contributed by atoms with Crippen LogP contribution in [0.4, 0.5) is 13.2 Å². The minimum absolute atomic E-state index is 0.118. The zero-order valence-corrected chi connectivity index (χ0v) is 13.8. The molecule has 0 aliphatic heterocycles. The zero-order chi connectivity index (χ0) is 18.6. The van der Waals surface area contributed by atoms with Crippen LogP contribution in [0, 0.1) is 17.5 Å². The number of halogens is 4. The van der Waals surface area contributed by atoms with Crippen molar-refractivity contribution in [3.05, 3.63) is 70.0 Å². The van der Waals surface area contributed by atoms with Gasteiger partial charge >= 0.3 is 5.97 Å². The van der Waals surface area contributed by atoms with Gasteiger partial charge in [-0.1, -0.05) is 17.7 Å². The van der Waals surface area contributed by atoms with E-state index in [4.69, 9.17) is 16.3 Å². The molecule has 0 atom stereocenters. The van der Waals surface area contributed by atoms with Crippen molar-refractivity contribution in [2.75, 3.05) is 13.7 Å². The smallest absolute Gasteiger partial charge is 0.338 e. The molecule has 132 valence electrons. The molecule has 0 radical (unpaired) electrons. The minimum Gasteiger partial charge on any atom is -0.452 e. The summed E-state index contributed by atoms with van der Waals surface area (Å²) in [5.41, 5.74) is -0.0987. The maximum Gasteiger partial charge on any atom is 0.338 e. The van der Waals surface area contributed by atoms with Gasteiger partial charge in [-0.25, -0.2) is 18.0 Å². The molecular formula is C17H13ClF3NO3. The van der Waals surface area contributed by atoms with E-state index in [-0.39, 0.29) is 22.7 Å². The molecule has 0 bridgehead atoms. The van der Waals surface area contributed by atoms with E-state index in [1.165, 1.54) is 25.2 Å². The van der Waals surface area contributed by atoms with Crippen molar-refractivity contribution in [3.63, 3.8) is 0 Å². The molecule has 0 saturated carbocycles. The Morgan fingerprint density at radius 1 is 1.08 bits per heavy atom. The lowest BCUT2D eigenvalue weighted by atomic mass is 10.2. The van der Waals surface area contributed by atoms with Crippen LogP contribution >= 0.6 is 11.6 Å². The first-order valence-electron chi connectivity index (χ1n) is 7.08. The SMILES string of the molecule is CN(Cc1c(F)cccc1Cl)C(=O)COC(=O)c1ccc(F)c(F)c1. The van der Waals surface area contributed by atoms with Gasteiger partial charge in [-0.3, -0.25) is 4.79 Å². The van der Waals surface area contributed by atoms with Crippen LogP contribution in [0.1, 0.15) is 15.9 Å². The number of nitrogens with zero attached hydrogens (tertiary/aromatic N) is 1. The molecule has 1 amide bonds. The Morgan fingerprint density at radius 3 is 2.44 bits per heavy atom. The Balaban J connectivity index is 1.95. The summed E-state index contributed by atoms with van der Waals surface area (Å²) in [7, 11) is 1.39. The van der Waals surface area contributed by atoms with Crippen molar-refractivity contribution < 1.29 is 27.5 Å². The molecule has 0 unspecified atom stereocenters. The third kappa shape index (κ3) is 4.73. The van der Waals surface area contributed by atoms with Gasteiger partial charge in [-0.2, -0.15) is 0 Å². The van der Waals surface area contributed by atoms with Crippen LogP contribution in [0.5, 0.6) is 0 Å². The quantitative estimate of drug-likeness (QED) is 0.755. The van der Waals surface area contributed by atoms with Crippen LogP contribution in [0.25, 0.3) is 0 Å². The first-order chi connectivity index (χ1) is 11.8. The lowest BCUT2D eigenvalue weighted by molar-refractivity contribution is -0.133. The first-order valence-corrected chi connectivity index (χ1v) is 7.46. The highest BCUT2D eigenvalue weighted by molar-refractivity contribution is 6.31. The van der Waals surface area contributed by atoms with E-state index in [2.05, 4.69) is 0 Å². The molecule has 0 fully saturated rings. The molecule has 2 aromatic rings. The molecular weight excluding hydrogens is 359 g/mol. The Kier molecular flexibility index (Phi) is 6.03. The molecule has 2 aromatic carbocycles. The van der Waals surface area contributed by atoms with Crippen molar-refractivity contribution in [1.82, 2.24) is 4.90 Å². The second-order valence-electron chi connectivity index (χ2n) is 5.16. The summed E-state index contributed by atoms with van der Waals surface area (Å²) in [4.78, 5) is 24.8. The fraction of sp³-hybridized carbons (Fsp3) is 0.176.